The molecule has 0 amide bonds. The highest BCUT2D eigenvalue weighted by Gasteiger charge is 2.69. The van der Waals surface area contributed by atoms with Crippen LogP contribution in [0.5, 0.6) is 0 Å². The topological polar surface area (TPSA) is 43.4 Å². The first kappa shape index (κ1) is 14.0. The monoisotopic (exact) mass is 336 g/mol. The van der Waals surface area contributed by atoms with Gasteiger partial charge in [-0.05, 0) is 23.8 Å². The molecule has 1 aromatic carbocycles. The summed E-state index contributed by atoms with van der Waals surface area (Å²) in [6, 6.07) is 4.14. The van der Waals surface area contributed by atoms with Crippen LogP contribution in [0.25, 0.3) is 0 Å². The third-order valence-electron chi connectivity index (χ3n) is 3.17. The molecule has 102 valence electrons. The molecule has 1 atom stereocenters. The fraction of sp³-hybridized carbons (Fsp3) is 0.333. The second kappa shape index (κ2) is 4.33. The van der Waals surface area contributed by atoms with Gasteiger partial charge in [0.05, 0.1) is 7.11 Å². The van der Waals surface area contributed by atoms with Crippen LogP contribution in [0, 0.1) is 5.41 Å². The highest BCUT2D eigenvalue weighted by Crippen LogP contribution is 2.49. The Morgan fingerprint density at radius 3 is 2.58 bits per heavy atom. The summed E-state index contributed by atoms with van der Waals surface area (Å²) in [6.07, 6.45) is -5.72. The van der Waals surface area contributed by atoms with Crippen molar-refractivity contribution in [2.45, 2.75) is 12.6 Å². The van der Waals surface area contributed by atoms with Gasteiger partial charge in [-0.2, -0.15) is 13.2 Å². The van der Waals surface area contributed by atoms with Gasteiger partial charge in [0, 0.05) is 16.5 Å². The van der Waals surface area contributed by atoms with E-state index in [-0.39, 0.29) is 11.1 Å². The van der Waals surface area contributed by atoms with Gasteiger partial charge in [0.2, 0.25) is 5.41 Å². The number of Topliss-reactive ketones (excluding diaryl/α,β-unsaturated/α-hetero) is 1. The van der Waals surface area contributed by atoms with E-state index in [4.69, 9.17) is 0 Å². The van der Waals surface area contributed by atoms with E-state index < -0.39 is 29.8 Å². The Bertz CT molecular complexity index is 568. The number of hydrogen-bond acceptors (Lipinski definition) is 3. The summed E-state index contributed by atoms with van der Waals surface area (Å²) >= 11 is 3.12. The summed E-state index contributed by atoms with van der Waals surface area (Å²) in [6.45, 7) is 0. The molecule has 0 fully saturated rings. The molecule has 1 aromatic rings. The fourth-order valence-electron chi connectivity index (χ4n) is 2.21. The first-order chi connectivity index (χ1) is 8.74. The standard InChI is InChI=1S/C12H8BrF3O3/c1-19-10(18)11(12(14,15)16)5-6-4-7(13)2-3-8(6)9(11)17/h2-4H,5H2,1H3. The number of rotatable bonds is 1. The first-order valence-corrected chi connectivity index (χ1v) is 6.01. The van der Waals surface area contributed by atoms with E-state index in [2.05, 4.69) is 20.7 Å². The first-order valence-electron chi connectivity index (χ1n) is 5.22. The maximum atomic E-state index is 13.2. The minimum absolute atomic E-state index is 0.0917. The number of methoxy groups -OCH3 is 1. The zero-order valence-corrected chi connectivity index (χ0v) is 11.3. The molecule has 7 heteroatoms. The number of carbonyl (C=O) groups excluding carboxylic acids is 2. The second-order valence-corrected chi connectivity index (χ2v) is 5.12. The molecule has 0 aliphatic heterocycles. The van der Waals surface area contributed by atoms with Crippen LogP contribution in [-0.2, 0) is 16.0 Å². The second-order valence-electron chi connectivity index (χ2n) is 4.20. The third-order valence-corrected chi connectivity index (χ3v) is 3.67. The Kier molecular flexibility index (Phi) is 3.20. The average Bonchev–Trinajstić information content (AvgIpc) is 2.61. The van der Waals surface area contributed by atoms with Gasteiger partial charge in [-0.1, -0.05) is 15.9 Å². The van der Waals surface area contributed by atoms with Crippen LogP contribution in [0.3, 0.4) is 0 Å². The lowest BCUT2D eigenvalue weighted by atomic mass is 9.83. The van der Waals surface area contributed by atoms with Gasteiger partial charge in [-0.15, -0.1) is 0 Å². The van der Waals surface area contributed by atoms with Gasteiger partial charge in [0.25, 0.3) is 0 Å². The quantitative estimate of drug-likeness (QED) is 0.585. The number of carbonyl (C=O) groups is 2. The summed E-state index contributed by atoms with van der Waals surface area (Å²) in [5.74, 6) is -2.83. The third kappa shape index (κ3) is 1.87. The lowest BCUT2D eigenvalue weighted by Gasteiger charge is -2.26. The van der Waals surface area contributed by atoms with Crippen molar-refractivity contribution in [1.29, 1.82) is 0 Å². The molecular weight excluding hydrogens is 329 g/mol. The van der Waals surface area contributed by atoms with Crippen molar-refractivity contribution in [1.82, 2.24) is 0 Å². The number of alkyl halides is 3. The molecule has 0 radical (unpaired) electrons. The average molecular weight is 337 g/mol. The van der Waals surface area contributed by atoms with E-state index in [1.807, 2.05) is 0 Å². The van der Waals surface area contributed by atoms with Crippen molar-refractivity contribution in [2.24, 2.45) is 5.41 Å². The van der Waals surface area contributed by atoms with Crippen molar-refractivity contribution in [2.75, 3.05) is 7.11 Å². The molecule has 1 unspecified atom stereocenters. The minimum atomic E-state index is -5.00. The van der Waals surface area contributed by atoms with Crippen molar-refractivity contribution in [3.63, 3.8) is 0 Å². The Balaban J connectivity index is 2.63. The summed E-state index contributed by atoms with van der Waals surface area (Å²) in [5.41, 5.74) is -3.03. The summed E-state index contributed by atoms with van der Waals surface area (Å²) < 4.78 is 44.5. The summed E-state index contributed by atoms with van der Waals surface area (Å²) in [7, 11) is 0.835. The predicted molar refractivity (Wildman–Crippen MR) is 62.7 cm³/mol. The highest BCUT2D eigenvalue weighted by molar-refractivity contribution is 9.10. The molecule has 2 rings (SSSR count). The molecule has 0 heterocycles. The van der Waals surface area contributed by atoms with Crippen LogP contribution < -0.4 is 0 Å². The molecule has 19 heavy (non-hydrogen) atoms. The molecule has 0 N–H and O–H groups in total. The van der Waals surface area contributed by atoms with Gasteiger partial charge >= 0.3 is 12.1 Å². The van der Waals surface area contributed by atoms with Crippen molar-refractivity contribution in [3.05, 3.63) is 33.8 Å². The molecule has 0 bridgehead atoms. The van der Waals surface area contributed by atoms with Crippen molar-refractivity contribution < 1.29 is 27.5 Å². The van der Waals surface area contributed by atoms with E-state index in [1.54, 1.807) is 0 Å². The smallest absolute Gasteiger partial charge is 0.412 e. The van der Waals surface area contributed by atoms with E-state index in [1.165, 1.54) is 18.2 Å². The molecule has 1 aliphatic rings. The lowest BCUT2D eigenvalue weighted by molar-refractivity contribution is -0.215. The molecule has 0 aromatic heterocycles. The van der Waals surface area contributed by atoms with E-state index in [0.29, 0.717) is 4.47 Å². The van der Waals surface area contributed by atoms with E-state index >= 15 is 0 Å². The Morgan fingerprint density at radius 2 is 2.05 bits per heavy atom. The molecule has 3 nitrogen and oxygen atoms in total. The predicted octanol–water partition coefficient (Wildman–Crippen LogP) is 2.91. The van der Waals surface area contributed by atoms with Crippen LogP contribution in [0.2, 0.25) is 0 Å². The maximum absolute atomic E-state index is 13.2. The zero-order chi connectivity index (χ0) is 14.4. The van der Waals surface area contributed by atoms with Crippen LogP contribution >= 0.6 is 15.9 Å². The lowest BCUT2D eigenvalue weighted by Crippen LogP contribution is -2.50. The van der Waals surface area contributed by atoms with Gasteiger partial charge in [0.15, 0.2) is 5.78 Å². The van der Waals surface area contributed by atoms with Crippen LogP contribution in [0.1, 0.15) is 15.9 Å². The largest absolute Gasteiger partial charge is 0.468 e. The van der Waals surface area contributed by atoms with E-state index in [0.717, 1.165) is 7.11 Å². The molecule has 0 spiro atoms. The fourth-order valence-corrected chi connectivity index (χ4v) is 2.62. The highest BCUT2D eigenvalue weighted by atomic mass is 79.9. The van der Waals surface area contributed by atoms with Gasteiger partial charge in [-0.3, -0.25) is 9.59 Å². The Labute approximate surface area is 114 Å². The summed E-state index contributed by atoms with van der Waals surface area (Å²) in [5, 5.41) is 0. The van der Waals surface area contributed by atoms with Crippen LogP contribution in [0.4, 0.5) is 13.2 Å². The molecule has 0 saturated carbocycles. The number of hydrogen-bond donors (Lipinski definition) is 0. The minimum Gasteiger partial charge on any atom is -0.468 e. The number of halogens is 4. The Hall–Kier alpha value is -1.37. The molecule has 0 saturated heterocycles. The van der Waals surface area contributed by atoms with Crippen molar-refractivity contribution in [3.8, 4) is 0 Å². The van der Waals surface area contributed by atoms with Gasteiger partial charge in [-0.25, -0.2) is 0 Å². The van der Waals surface area contributed by atoms with Crippen LogP contribution in [-0.4, -0.2) is 25.0 Å². The number of esters is 1. The number of benzene rings is 1. The maximum Gasteiger partial charge on any atom is 0.412 e. The molecular formula is C12H8BrF3O3. The van der Waals surface area contributed by atoms with Gasteiger partial charge in [0.1, 0.15) is 0 Å². The number of ether oxygens (including phenoxy) is 1. The number of ketones is 1. The zero-order valence-electron chi connectivity index (χ0n) is 9.68. The van der Waals surface area contributed by atoms with Gasteiger partial charge < -0.3 is 4.74 Å². The van der Waals surface area contributed by atoms with E-state index in [9.17, 15) is 22.8 Å². The SMILES string of the molecule is COC(=O)C1(C(F)(F)F)Cc2cc(Br)ccc2C1=O. The van der Waals surface area contributed by atoms with Crippen molar-refractivity contribution >= 4 is 27.7 Å². The Morgan fingerprint density at radius 1 is 1.42 bits per heavy atom. The molecule has 1 aliphatic carbocycles. The summed E-state index contributed by atoms with van der Waals surface area (Å²) in [4.78, 5) is 23.6. The van der Waals surface area contributed by atoms with Crippen LogP contribution in [0.15, 0.2) is 22.7 Å². The normalized spacial score (nSPS) is 22.3. The number of fused-ring (bicyclic) bond motifs is 1.